The standard InChI is InChI=1S/C21H18N2OS/c24-20(23-22-15-18-12-7-13-25-18)19-14-21(19,16-8-3-1-4-9-16)17-10-5-2-6-11-17/h1-13,15,19H,14H2,(H,23,24)/b22-15+/t19-/m1/s1. The zero-order valence-corrected chi connectivity index (χ0v) is 14.4. The summed E-state index contributed by atoms with van der Waals surface area (Å²) < 4.78 is 0. The molecule has 25 heavy (non-hydrogen) atoms. The Labute approximate surface area is 151 Å². The van der Waals surface area contributed by atoms with Gasteiger partial charge in [-0.2, -0.15) is 5.10 Å². The largest absolute Gasteiger partial charge is 0.273 e. The summed E-state index contributed by atoms with van der Waals surface area (Å²) in [6, 6.07) is 24.5. The molecule has 0 spiro atoms. The second kappa shape index (κ2) is 6.65. The number of benzene rings is 2. The smallest absolute Gasteiger partial charge is 0.244 e. The van der Waals surface area contributed by atoms with Crippen molar-refractivity contribution in [3.8, 4) is 0 Å². The molecular weight excluding hydrogens is 328 g/mol. The normalized spacial score (nSPS) is 18.2. The molecule has 0 aliphatic heterocycles. The van der Waals surface area contributed by atoms with E-state index in [9.17, 15) is 4.79 Å². The molecule has 1 N–H and O–H groups in total. The van der Waals surface area contributed by atoms with E-state index < -0.39 is 0 Å². The SMILES string of the molecule is O=C(N/N=C/c1cccs1)[C@H]1CC1(c1ccccc1)c1ccccc1. The summed E-state index contributed by atoms with van der Waals surface area (Å²) in [5, 5.41) is 6.10. The number of carbonyl (C=O) groups is 1. The van der Waals surface area contributed by atoms with Crippen molar-refractivity contribution < 1.29 is 4.79 Å². The highest BCUT2D eigenvalue weighted by atomic mass is 32.1. The molecule has 1 saturated carbocycles. The van der Waals surface area contributed by atoms with Crippen molar-refractivity contribution in [1.82, 2.24) is 5.43 Å². The third-order valence-electron chi connectivity index (χ3n) is 4.76. The maximum atomic E-state index is 12.7. The molecule has 2 aromatic carbocycles. The van der Waals surface area contributed by atoms with Crippen molar-refractivity contribution in [1.29, 1.82) is 0 Å². The molecule has 0 bridgehead atoms. The first-order valence-corrected chi connectivity index (χ1v) is 9.16. The van der Waals surface area contributed by atoms with Gasteiger partial charge < -0.3 is 0 Å². The van der Waals surface area contributed by atoms with Crippen molar-refractivity contribution in [2.24, 2.45) is 11.0 Å². The van der Waals surface area contributed by atoms with Gasteiger partial charge in [-0.15, -0.1) is 11.3 Å². The van der Waals surface area contributed by atoms with Gasteiger partial charge in [-0.1, -0.05) is 66.7 Å². The van der Waals surface area contributed by atoms with Gasteiger partial charge >= 0.3 is 0 Å². The topological polar surface area (TPSA) is 41.5 Å². The van der Waals surface area contributed by atoms with E-state index in [1.165, 1.54) is 11.1 Å². The molecule has 4 heteroatoms. The lowest BCUT2D eigenvalue weighted by Crippen LogP contribution is -2.25. The number of thiophene rings is 1. The molecule has 0 saturated heterocycles. The van der Waals surface area contributed by atoms with E-state index in [1.807, 2.05) is 53.9 Å². The molecule has 4 rings (SSSR count). The number of nitrogens with zero attached hydrogens (tertiary/aromatic N) is 1. The number of rotatable bonds is 5. The quantitative estimate of drug-likeness (QED) is 0.546. The highest BCUT2D eigenvalue weighted by Crippen LogP contribution is 2.58. The summed E-state index contributed by atoms with van der Waals surface area (Å²) in [4.78, 5) is 13.7. The van der Waals surface area contributed by atoms with Crippen molar-refractivity contribution in [3.05, 3.63) is 94.2 Å². The van der Waals surface area contributed by atoms with E-state index in [-0.39, 0.29) is 17.2 Å². The lowest BCUT2D eigenvalue weighted by molar-refractivity contribution is -0.122. The molecule has 124 valence electrons. The number of nitrogens with one attached hydrogen (secondary N) is 1. The molecular formula is C21H18N2OS. The molecule has 1 aliphatic rings. The fraction of sp³-hybridized carbons (Fsp3) is 0.143. The highest BCUT2D eigenvalue weighted by molar-refractivity contribution is 7.11. The lowest BCUT2D eigenvalue weighted by Gasteiger charge is -2.18. The minimum atomic E-state index is -0.245. The Kier molecular flexibility index (Phi) is 4.20. The van der Waals surface area contributed by atoms with Gasteiger partial charge in [-0.3, -0.25) is 4.79 Å². The minimum absolute atomic E-state index is 0.0273. The molecule has 0 unspecified atom stereocenters. The number of carbonyl (C=O) groups excluding carboxylic acids is 1. The van der Waals surface area contributed by atoms with Crippen LogP contribution >= 0.6 is 11.3 Å². The van der Waals surface area contributed by atoms with Crippen molar-refractivity contribution in [3.63, 3.8) is 0 Å². The van der Waals surface area contributed by atoms with Crippen LogP contribution in [0.15, 0.2) is 83.3 Å². The lowest BCUT2D eigenvalue weighted by atomic mass is 9.85. The van der Waals surface area contributed by atoms with Gasteiger partial charge in [0.1, 0.15) is 0 Å². The van der Waals surface area contributed by atoms with Gasteiger partial charge in [-0.25, -0.2) is 5.43 Å². The van der Waals surface area contributed by atoms with E-state index in [4.69, 9.17) is 0 Å². The second-order valence-electron chi connectivity index (χ2n) is 6.21. The monoisotopic (exact) mass is 346 g/mol. The Morgan fingerprint density at radius 3 is 2.20 bits per heavy atom. The number of hydrazone groups is 1. The first-order chi connectivity index (χ1) is 12.3. The molecule has 1 aromatic heterocycles. The van der Waals surface area contributed by atoms with Gasteiger partial charge in [0, 0.05) is 10.3 Å². The van der Waals surface area contributed by atoms with Crippen LogP contribution in [0.1, 0.15) is 22.4 Å². The van der Waals surface area contributed by atoms with Crippen molar-refractivity contribution >= 4 is 23.5 Å². The van der Waals surface area contributed by atoms with Crippen LogP contribution < -0.4 is 5.43 Å². The molecule has 1 aliphatic carbocycles. The first-order valence-electron chi connectivity index (χ1n) is 8.28. The van der Waals surface area contributed by atoms with Crippen LogP contribution in [0.5, 0.6) is 0 Å². The number of hydrogen-bond donors (Lipinski definition) is 1. The third kappa shape index (κ3) is 3.01. The fourth-order valence-electron chi connectivity index (χ4n) is 3.46. The van der Waals surface area contributed by atoms with Gasteiger partial charge in [-0.05, 0) is 29.0 Å². The van der Waals surface area contributed by atoms with E-state index in [0.717, 1.165) is 11.3 Å². The fourth-order valence-corrected chi connectivity index (χ4v) is 4.04. The van der Waals surface area contributed by atoms with E-state index in [2.05, 4.69) is 34.8 Å². The third-order valence-corrected chi connectivity index (χ3v) is 5.57. The second-order valence-corrected chi connectivity index (χ2v) is 7.19. The zero-order valence-electron chi connectivity index (χ0n) is 13.6. The minimum Gasteiger partial charge on any atom is -0.273 e. The molecule has 1 fully saturated rings. The maximum Gasteiger partial charge on any atom is 0.244 e. The molecule has 1 heterocycles. The molecule has 0 radical (unpaired) electrons. The van der Waals surface area contributed by atoms with E-state index >= 15 is 0 Å². The van der Waals surface area contributed by atoms with Crippen LogP contribution in [-0.4, -0.2) is 12.1 Å². The Morgan fingerprint density at radius 2 is 1.64 bits per heavy atom. The summed E-state index contributed by atoms with van der Waals surface area (Å²) in [5.41, 5.74) is 4.84. The summed E-state index contributed by atoms with van der Waals surface area (Å²) in [5.74, 6) is -0.127. The summed E-state index contributed by atoms with van der Waals surface area (Å²) in [6.45, 7) is 0. The number of amides is 1. The summed E-state index contributed by atoms with van der Waals surface area (Å²) >= 11 is 1.59. The number of hydrogen-bond acceptors (Lipinski definition) is 3. The van der Waals surface area contributed by atoms with Crippen LogP contribution in [0.25, 0.3) is 0 Å². The van der Waals surface area contributed by atoms with Crippen LogP contribution in [0.4, 0.5) is 0 Å². The van der Waals surface area contributed by atoms with Crippen molar-refractivity contribution in [2.45, 2.75) is 11.8 Å². The molecule has 3 aromatic rings. The van der Waals surface area contributed by atoms with Crippen LogP contribution in [0.3, 0.4) is 0 Å². The first kappa shape index (κ1) is 15.8. The summed E-state index contributed by atoms with van der Waals surface area (Å²) in [6.07, 6.45) is 2.50. The van der Waals surface area contributed by atoms with Gasteiger partial charge in [0.15, 0.2) is 0 Å². The van der Waals surface area contributed by atoms with Gasteiger partial charge in [0.05, 0.1) is 12.1 Å². The predicted molar refractivity (Wildman–Crippen MR) is 102 cm³/mol. The van der Waals surface area contributed by atoms with E-state index in [1.54, 1.807) is 17.6 Å². The van der Waals surface area contributed by atoms with Crippen LogP contribution in [0.2, 0.25) is 0 Å². The average molecular weight is 346 g/mol. The Bertz CT molecular complexity index is 833. The molecule has 3 nitrogen and oxygen atoms in total. The van der Waals surface area contributed by atoms with Crippen LogP contribution in [0, 0.1) is 5.92 Å². The summed E-state index contributed by atoms with van der Waals surface area (Å²) in [7, 11) is 0. The zero-order chi connectivity index (χ0) is 17.1. The Hall–Kier alpha value is -2.72. The Balaban J connectivity index is 1.57. The van der Waals surface area contributed by atoms with E-state index in [0.29, 0.717) is 0 Å². The highest BCUT2D eigenvalue weighted by Gasteiger charge is 2.60. The molecule has 1 amide bonds. The van der Waals surface area contributed by atoms with Gasteiger partial charge in [0.2, 0.25) is 5.91 Å². The predicted octanol–water partition coefficient (Wildman–Crippen LogP) is 4.20. The Morgan fingerprint density at radius 1 is 1.00 bits per heavy atom. The van der Waals surface area contributed by atoms with Gasteiger partial charge in [0.25, 0.3) is 0 Å². The average Bonchev–Trinajstić information content (AvgIpc) is 3.23. The molecule has 1 atom stereocenters. The van der Waals surface area contributed by atoms with Crippen molar-refractivity contribution in [2.75, 3.05) is 0 Å². The van der Waals surface area contributed by atoms with Crippen LogP contribution in [-0.2, 0) is 10.2 Å². The maximum absolute atomic E-state index is 12.7.